The van der Waals surface area contributed by atoms with Crippen LogP contribution >= 0.6 is 47.8 Å². The summed E-state index contributed by atoms with van der Waals surface area (Å²) in [4.78, 5) is 173. The number of carbonyl (C=O) groups excluding carboxylic acids is 9. The number of aromatic nitrogens is 16. The van der Waals surface area contributed by atoms with Crippen LogP contribution in [0.5, 0.6) is 0 Å². The first-order chi connectivity index (χ1) is 69.6. The van der Waals surface area contributed by atoms with Gasteiger partial charge < -0.3 is 28.9 Å². The minimum Gasteiger partial charge on any atom is -0.377 e. The van der Waals surface area contributed by atoms with E-state index in [1.807, 2.05) is 54.3 Å². The van der Waals surface area contributed by atoms with Gasteiger partial charge in [0.15, 0.2) is 34.7 Å². The molecule has 0 N–H and O–H groups in total. The summed E-state index contributed by atoms with van der Waals surface area (Å²) in [5.74, 6) is 0.224. The number of aryl methyl sites for hydroxylation is 3. The van der Waals surface area contributed by atoms with Crippen LogP contribution in [0.25, 0.3) is 66.2 Å². The number of hydrogen-bond acceptors (Lipinski definition) is 25. The van der Waals surface area contributed by atoms with E-state index in [4.69, 9.17) is 14.2 Å². The molecule has 144 heavy (non-hydrogen) atoms. The van der Waals surface area contributed by atoms with Crippen molar-refractivity contribution in [3.63, 3.8) is 0 Å². The van der Waals surface area contributed by atoms with Crippen LogP contribution < -0.4 is 0 Å². The number of Topliss-reactive ketones (excluding diaryl/α,β-unsaturated/α-hetero) is 6. The molecule has 10 aromatic heterocycles. The maximum atomic E-state index is 14.7. The monoisotopic (exact) mass is 2140 g/mol. The number of halogens is 5. The predicted molar refractivity (Wildman–Crippen MR) is 541 cm³/mol. The number of allylic oxidation sites excluding steroid dienone is 1. The van der Waals surface area contributed by atoms with Gasteiger partial charge in [-0.05, 0) is 245 Å². The zero-order valence-electron chi connectivity index (χ0n) is 81.5. The standard InChI is InChI=1S/C37H40BrFN6O4.C36H36BrFN6O4.C35H38BrN7O4/c1-22(46)35-28-13-25(27-18-40-23(2)41-19-27)12-26(17-39)36(28)44(43-35)20-34(48)45-30-15-37(16-32(37)45)10-6-4-3-5-7-11-49-21-24-8-9-33(38)42-29(24)14-31(30)47;1-21(45)34-27-12-24(26-17-39-22(2)40-18-26)11-25(16-38)35(27)43(42-34)19-33(47)44-29-14-36(15-31(36)44)9-5-3-4-6-10-48-20-23-7-8-32(37)41-28(23)13-30(29)46;1-21(44)34-25-12-26(24-16-37-22(2)38-17-24)39-18-29(25)42(41-34)19-33(46)43-28-14-35(15-31(35)43)10-6-4-3-5-7-11-47-20-23-8-9-32(36)40-27(23)13-30(28)45/h8-9,12-13,18-19,30,32H,3-7,10-11,14-17,20-21H2,1-2H3;4,6-8,11-12,17-18,29,31H,3,5,9-10,13-16,19-20H2,1-2H3;8-9,12,16-18,28,31H,3-7,10-11,13-15,19-20H2,1-2H3/t30-,32+,37-;29-,31+,36-;28-,31+,35-/m000/s1. The second-order valence-electron chi connectivity index (χ2n) is 40.1. The Kier molecular flexibility index (Phi) is 30.1. The van der Waals surface area contributed by atoms with Gasteiger partial charge in [-0.15, -0.1) is 0 Å². The first kappa shape index (κ1) is 101. The van der Waals surface area contributed by atoms with Crippen molar-refractivity contribution in [1.82, 2.24) is 93.9 Å². The van der Waals surface area contributed by atoms with Gasteiger partial charge in [-0.2, -0.15) is 15.3 Å². The van der Waals surface area contributed by atoms with Crippen molar-refractivity contribution in [3.8, 4) is 33.5 Å². The van der Waals surface area contributed by atoms with Crippen LogP contribution in [0.2, 0.25) is 0 Å². The van der Waals surface area contributed by atoms with E-state index in [9.17, 15) is 51.9 Å². The lowest BCUT2D eigenvalue weighted by Crippen LogP contribution is -2.45. The molecule has 0 unspecified atom stereocenters. The van der Waals surface area contributed by atoms with Gasteiger partial charge in [0.25, 0.3) is 0 Å². The molecular formula is C108H114Br3F2N19O12. The van der Waals surface area contributed by atoms with E-state index in [0.29, 0.717) is 179 Å². The molecule has 9 atom stereocenters. The zero-order chi connectivity index (χ0) is 101. The number of carbonyl (C=O) groups is 9. The Morgan fingerprint density at radius 1 is 0.396 bits per heavy atom. The highest BCUT2D eigenvalue weighted by Crippen LogP contribution is 2.65. The number of ketones is 6. The second kappa shape index (κ2) is 43.0. The molecule has 36 heteroatoms. The first-order valence-electron chi connectivity index (χ1n) is 49.8. The van der Waals surface area contributed by atoms with Crippen molar-refractivity contribution >= 4 is 133 Å². The van der Waals surface area contributed by atoms with Crippen molar-refractivity contribution in [2.75, 3.05) is 19.8 Å². The zero-order valence-corrected chi connectivity index (χ0v) is 86.3. The highest BCUT2D eigenvalue weighted by Gasteiger charge is 2.69. The average Bonchev–Trinajstić information content (AvgIpc) is 1.54. The third-order valence-corrected chi connectivity index (χ3v) is 31.7. The van der Waals surface area contributed by atoms with Crippen LogP contribution in [0.3, 0.4) is 0 Å². The molecule has 6 aliphatic heterocycles. The van der Waals surface area contributed by atoms with Crippen LogP contribution in [0.4, 0.5) is 8.78 Å². The number of amides is 3. The molecule has 31 nitrogen and oxygen atoms in total. The van der Waals surface area contributed by atoms with E-state index >= 15 is 0 Å². The Balaban J connectivity index is 0.000000137. The molecule has 3 spiro atoms. The molecule has 6 bridgehead atoms. The molecule has 21 rings (SSSR count). The van der Waals surface area contributed by atoms with E-state index in [1.165, 1.54) is 30.1 Å². The maximum Gasteiger partial charge on any atom is 0.245 e. The second-order valence-corrected chi connectivity index (χ2v) is 42.6. The Morgan fingerprint density at radius 3 is 1.16 bits per heavy atom. The number of piperidine rings is 3. The van der Waals surface area contributed by atoms with E-state index in [0.717, 1.165) is 138 Å². The Hall–Kier alpha value is -12.0. The smallest absolute Gasteiger partial charge is 0.245 e. The molecule has 3 aliphatic carbocycles. The van der Waals surface area contributed by atoms with Gasteiger partial charge in [0, 0.05) is 133 Å². The van der Waals surface area contributed by atoms with E-state index in [-0.39, 0.29) is 143 Å². The summed E-state index contributed by atoms with van der Waals surface area (Å²) < 4.78 is 53.5. The number of pyridine rings is 4. The summed E-state index contributed by atoms with van der Waals surface area (Å²) >= 11 is 10.4. The molecule has 748 valence electrons. The van der Waals surface area contributed by atoms with Crippen molar-refractivity contribution in [2.24, 2.45) is 16.2 Å². The van der Waals surface area contributed by atoms with E-state index < -0.39 is 31.5 Å². The third kappa shape index (κ3) is 21.4. The number of nitrogens with zero attached hydrogens (tertiary/aromatic N) is 19. The number of benzene rings is 2. The van der Waals surface area contributed by atoms with Crippen LogP contribution in [0.15, 0.2) is 136 Å². The maximum absolute atomic E-state index is 14.7. The van der Waals surface area contributed by atoms with Crippen molar-refractivity contribution < 1.29 is 66.1 Å². The molecular weight excluding hydrogens is 2030 g/mol. The summed E-state index contributed by atoms with van der Waals surface area (Å²) in [5, 5.41) is 15.3. The van der Waals surface area contributed by atoms with Gasteiger partial charge in [-0.3, -0.25) is 62.2 Å². The number of fused-ring (bicyclic) bond motifs is 9. The average molecular weight is 2150 g/mol. The highest BCUT2D eigenvalue weighted by molar-refractivity contribution is 9.11. The number of hydrogen-bond donors (Lipinski definition) is 0. The lowest BCUT2D eigenvalue weighted by Gasteiger charge is -2.27. The SMILES string of the molecule is CC(=O)c1nn(CC(=O)N2[C@H]3C[C@@]4(CCCC=CCOCc5ccc(Br)nc5CC3=O)C[C@@H]24)c2c(CF)cc(-c3cnc(C)nc3)cc12.CC(=O)c1nn(CC(=O)N2[C@H]3C[C@@]4(CCCCCCCOCc5ccc(Br)nc5CC3=O)C[C@@H]24)c2c(CF)cc(-c3cnc(C)nc3)cc12.CC(=O)c1nn(CC(=O)N2[C@H]3C[C@@]4(CCCCCCCOCc5ccc(Br)nc5CC3=O)C[C@@H]24)c2cnc(-c3cnc(C)nc3)cc12. The fraction of sp³-hybridized carbons (Fsp3) is 0.463. The summed E-state index contributed by atoms with van der Waals surface area (Å²) in [6.07, 6.45) is 36.3. The minimum absolute atomic E-state index is 0.00903. The fourth-order valence-corrected chi connectivity index (χ4v) is 23.9. The molecule has 0 radical (unpaired) electrons. The summed E-state index contributed by atoms with van der Waals surface area (Å²) in [5.41, 5.74) is 10.9. The molecule has 9 aliphatic rings. The summed E-state index contributed by atoms with van der Waals surface area (Å²) in [6.45, 7) is 10.4. The van der Waals surface area contributed by atoms with Crippen molar-refractivity contribution in [3.05, 3.63) is 216 Å². The first-order valence-corrected chi connectivity index (χ1v) is 52.2. The molecule has 6 fully saturated rings. The predicted octanol–water partition coefficient (Wildman–Crippen LogP) is 18.3. The van der Waals surface area contributed by atoms with Gasteiger partial charge in [-0.1, -0.05) is 81.7 Å². The van der Waals surface area contributed by atoms with E-state index in [1.54, 1.807) is 102 Å². The molecule has 3 amide bonds. The van der Waals surface area contributed by atoms with Crippen LogP contribution in [0.1, 0.15) is 249 Å². The molecule has 3 saturated carbocycles. The normalized spacial score (nSPS) is 23.0. The molecule has 3 saturated heterocycles. The van der Waals surface area contributed by atoms with Gasteiger partial charge in [0.05, 0.1) is 109 Å². The van der Waals surface area contributed by atoms with Gasteiger partial charge in [-0.25, -0.2) is 53.6 Å². The van der Waals surface area contributed by atoms with Crippen LogP contribution in [-0.2, 0) is 115 Å². The quantitative estimate of drug-likeness (QED) is 0.0554. The summed E-state index contributed by atoms with van der Waals surface area (Å²) in [6, 6.07) is 18.3. The molecule has 2 aromatic carbocycles. The lowest BCUT2D eigenvalue weighted by molar-refractivity contribution is -0.139. The fourth-order valence-electron chi connectivity index (χ4n) is 22.8. The third-order valence-electron chi connectivity index (χ3n) is 30.4. The van der Waals surface area contributed by atoms with E-state index in [2.05, 4.69) is 119 Å². The Labute approximate surface area is 856 Å². The van der Waals surface area contributed by atoms with Crippen molar-refractivity contribution in [1.29, 1.82) is 0 Å². The highest BCUT2D eigenvalue weighted by atomic mass is 79.9. The van der Waals surface area contributed by atoms with Gasteiger partial charge in [0.1, 0.15) is 81.3 Å². The number of alkyl halides is 2. The lowest BCUT2D eigenvalue weighted by atomic mass is 9.90. The van der Waals surface area contributed by atoms with Crippen LogP contribution in [-0.4, -0.2) is 202 Å². The van der Waals surface area contributed by atoms with Crippen LogP contribution in [0, 0.1) is 37.0 Å². The van der Waals surface area contributed by atoms with Gasteiger partial charge >= 0.3 is 0 Å². The number of ether oxygens (including phenoxy) is 3. The molecule has 12 aromatic rings. The summed E-state index contributed by atoms with van der Waals surface area (Å²) in [7, 11) is 0. The number of rotatable bonds is 14. The Bertz CT molecular complexity index is 7060. The Morgan fingerprint density at radius 2 is 0.757 bits per heavy atom. The number of likely N-dealkylation sites (tertiary alicyclic amines) is 3. The largest absolute Gasteiger partial charge is 0.377 e. The minimum atomic E-state index is -0.828. The van der Waals surface area contributed by atoms with Gasteiger partial charge in [0.2, 0.25) is 17.7 Å². The topological polar surface area (TPSA) is 373 Å². The van der Waals surface area contributed by atoms with Crippen molar-refractivity contribution in [2.45, 2.75) is 285 Å². The molecule has 16 heterocycles.